The molecule has 70 valence electrons. The molecule has 0 aliphatic rings. The van der Waals surface area contributed by atoms with Crippen molar-refractivity contribution in [2.45, 2.75) is 13.3 Å². The number of ether oxygens (including phenoxy) is 1. The van der Waals surface area contributed by atoms with Gasteiger partial charge in [-0.15, -0.1) is 6.58 Å². The molecule has 0 N–H and O–H groups in total. The van der Waals surface area contributed by atoms with Crippen LogP contribution in [0.3, 0.4) is 0 Å². The average Bonchev–Trinajstić information content (AvgIpc) is 2.10. The van der Waals surface area contributed by atoms with Crippen molar-refractivity contribution < 1.29 is 9.13 Å². The van der Waals surface area contributed by atoms with Gasteiger partial charge in [-0.25, -0.2) is 4.39 Å². The van der Waals surface area contributed by atoms with Crippen molar-refractivity contribution >= 4 is 0 Å². The van der Waals surface area contributed by atoms with E-state index in [-0.39, 0.29) is 5.82 Å². The van der Waals surface area contributed by atoms with Gasteiger partial charge in [-0.05, 0) is 31.5 Å². The number of halogens is 1. The summed E-state index contributed by atoms with van der Waals surface area (Å²) >= 11 is 0. The predicted molar refractivity (Wildman–Crippen MR) is 51.5 cm³/mol. The fraction of sp³-hybridized carbons (Fsp3) is 0.273. The summed E-state index contributed by atoms with van der Waals surface area (Å²) in [4.78, 5) is 0. The summed E-state index contributed by atoms with van der Waals surface area (Å²) in [5.41, 5.74) is 0.844. The highest BCUT2D eigenvalue weighted by Crippen LogP contribution is 2.20. The van der Waals surface area contributed by atoms with Crippen LogP contribution in [-0.4, -0.2) is 6.61 Å². The SMILES string of the molecule is C=CCc1cc(F)ccc1OCC. The Morgan fingerprint density at radius 3 is 2.92 bits per heavy atom. The van der Waals surface area contributed by atoms with E-state index in [1.54, 1.807) is 12.1 Å². The smallest absolute Gasteiger partial charge is 0.123 e. The highest BCUT2D eigenvalue weighted by Gasteiger charge is 2.02. The highest BCUT2D eigenvalue weighted by atomic mass is 19.1. The van der Waals surface area contributed by atoms with Crippen LogP contribution in [0.5, 0.6) is 5.75 Å². The molecule has 0 aliphatic carbocycles. The standard InChI is InChI=1S/C11H13FO/c1-3-5-9-8-10(12)6-7-11(9)13-4-2/h3,6-8H,1,4-5H2,2H3. The van der Waals surface area contributed by atoms with Crippen LogP contribution in [0, 0.1) is 5.82 Å². The predicted octanol–water partition coefficient (Wildman–Crippen LogP) is 2.95. The summed E-state index contributed by atoms with van der Waals surface area (Å²) in [6, 6.07) is 4.53. The largest absolute Gasteiger partial charge is 0.494 e. The van der Waals surface area contributed by atoms with E-state index >= 15 is 0 Å². The molecule has 13 heavy (non-hydrogen) atoms. The Kier molecular flexibility index (Phi) is 3.50. The van der Waals surface area contributed by atoms with Crippen LogP contribution < -0.4 is 4.74 Å². The number of hydrogen-bond donors (Lipinski definition) is 0. The molecule has 0 heterocycles. The monoisotopic (exact) mass is 180 g/mol. The molecule has 0 atom stereocenters. The van der Waals surface area contributed by atoms with E-state index in [4.69, 9.17) is 4.74 Å². The molecule has 0 aliphatic heterocycles. The first kappa shape index (κ1) is 9.78. The lowest BCUT2D eigenvalue weighted by molar-refractivity contribution is 0.336. The van der Waals surface area contributed by atoms with Gasteiger partial charge in [0.25, 0.3) is 0 Å². The lowest BCUT2D eigenvalue weighted by Crippen LogP contribution is -1.96. The number of hydrogen-bond acceptors (Lipinski definition) is 1. The lowest BCUT2D eigenvalue weighted by Gasteiger charge is -2.08. The second-order valence-corrected chi connectivity index (χ2v) is 2.68. The quantitative estimate of drug-likeness (QED) is 0.647. The molecule has 0 spiro atoms. The van der Waals surface area contributed by atoms with E-state index in [1.807, 2.05) is 6.92 Å². The Balaban J connectivity index is 2.95. The zero-order valence-electron chi connectivity index (χ0n) is 7.72. The van der Waals surface area contributed by atoms with Crippen molar-refractivity contribution in [3.8, 4) is 5.75 Å². The van der Waals surface area contributed by atoms with Crippen molar-refractivity contribution in [1.82, 2.24) is 0 Å². The van der Waals surface area contributed by atoms with E-state index in [0.717, 1.165) is 11.3 Å². The minimum Gasteiger partial charge on any atom is -0.494 e. The van der Waals surface area contributed by atoms with E-state index in [9.17, 15) is 4.39 Å². The van der Waals surface area contributed by atoms with Gasteiger partial charge in [-0.3, -0.25) is 0 Å². The van der Waals surface area contributed by atoms with Crippen molar-refractivity contribution in [3.05, 3.63) is 42.2 Å². The lowest BCUT2D eigenvalue weighted by atomic mass is 10.1. The summed E-state index contributed by atoms with van der Waals surface area (Å²) in [7, 11) is 0. The Labute approximate surface area is 77.8 Å². The molecular formula is C11H13FO. The highest BCUT2D eigenvalue weighted by molar-refractivity contribution is 5.35. The third kappa shape index (κ3) is 2.58. The summed E-state index contributed by atoms with van der Waals surface area (Å²) in [5.74, 6) is 0.504. The minimum atomic E-state index is -0.236. The molecule has 0 bridgehead atoms. The molecule has 1 aromatic carbocycles. The van der Waals surface area contributed by atoms with Gasteiger partial charge in [0.1, 0.15) is 11.6 Å². The number of allylic oxidation sites excluding steroid dienone is 1. The van der Waals surface area contributed by atoms with E-state index in [1.165, 1.54) is 12.1 Å². The molecular weight excluding hydrogens is 167 g/mol. The Morgan fingerprint density at radius 2 is 2.31 bits per heavy atom. The Hall–Kier alpha value is -1.31. The third-order valence-electron chi connectivity index (χ3n) is 1.69. The molecule has 1 aromatic rings. The van der Waals surface area contributed by atoms with E-state index in [0.29, 0.717) is 13.0 Å². The van der Waals surface area contributed by atoms with Gasteiger partial charge in [0.15, 0.2) is 0 Å². The maximum absolute atomic E-state index is 12.8. The molecule has 0 saturated heterocycles. The van der Waals surface area contributed by atoms with Gasteiger partial charge in [0.05, 0.1) is 6.61 Å². The summed E-state index contributed by atoms with van der Waals surface area (Å²) < 4.78 is 18.2. The first-order chi connectivity index (χ1) is 6.27. The van der Waals surface area contributed by atoms with Gasteiger partial charge >= 0.3 is 0 Å². The van der Waals surface area contributed by atoms with Crippen LogP contribution in [0.15, 0.2) is 30.9 Å². The maximum atomic E-state index is 12.8. The maximum Gasteiger partial charge on any atom is 0.123 e. The zero-order valence-corrected chi connectivity index (χ0v) is 7.72. The summed E-state index contributed by atoms with van der Waals surface area (Å²) in [6.45, 7) is 6.11. The molecule has 1 nitrogen and oxygen atoms in total. The summed E-state index contributed by atoms with van der Waals surface area (Å²) in [6.07, 6.45) is 2.37. The van der Waals surface area contributed by atoms with Gasteiger partial charge in [-0.1, -0.05) is 6.08 Å². The normalized spacial score (nSPS) is 9.69. The van der Waals surface area contributed by atoms with Crippen LogP contribution in [0.25, 0.3) is 0 Å². The van der Waals surface area contributed by atoms with Gasteiger partial charge in [0, 0.05) is 5.56 Å². The fourth-order valence-electron chi connectivity index (χ4n) is 1.16. The van der Waals surface area contributed by atoms with E-state index in [2.05, 4.69) is 6.58 Å². The van der Waals surface area contributed by atoms with Crippen molar-refractivity contribution in [3.63, 3.8) is 0 Å². The Morgan fingerprint density at radius 1 is 1.54 bits per heavy atom. The van der Waals surface area contributed by atoms with Crippen LogP contribution >= 0.6 is 0 Å². The van der Waals surface area contributed by atoms with Crippen molar-refractivity contribution in [1.29, 1.82) is 0 Å². The first-order valence-corrected chi connectivity index (χ1v) is 4.30. The molecule has 0 fully saturated rings. The van der Waals surface area contributed by atoms with E-state index < -0.39 is 0 Å². The molecule has 0 saturated carbocycles. The topological polar surface area (TPSA) is 9.23 Å². The molecule has 0 aromatic heterocycles. The van der Waals surface area contributed by atoms with Crippen LogP contribution in [0.1, 0.15) is 12.5 Å². The minimum absolute atomic E-state index is 0.236. The van der Waals surface area contributed by atoms with Gasteiger partial charge in [-0.2, -0.15) is 0 Å². The van der Waals surface area contributed by atoms with Crippen molar-refractivity contribution in [2.75, 3.05) is 6.61 Å². The molecule has 0 amide bonds. The molecule has 2 heteroatoms. The first-order valence-electron chi connectivity index (χ1n) is 4.30. The van der Waals surface area contributed by atoms with Crippen LogP contribution in [0.4, 0.5) is 4.39 Å². The second kappa shape index (κ2) is 4.65. The van der Waals surface area contributed by atoms with Crippen molar-refractivity contribution in [2.24, 2.45) is 0 Å². The second-order valence-electron chi connectivity index (χ2n) is 2.68. The van der Waals surface area contributed by atoms with Crippen LogP contribution in [0.2, 0.25) is 0 Å². The zero-order chi connectivity index (χ0) is 9.68. The third-order valence-corrected chi connectivity index (χ3v) is 1.69. The number of benzene rings is 1. The van der Waals surface area contributed by atoms with Crippen LogP contribution in [-0.2, 0) is 6.42 Å². The fourth-order valence-corrected chi connectivity index (χ4v) is 1.16. The summed E-state index contributed by atoms with van der Waals surface area (Å²) in [5, 5.41) is 0. The average molecular weight is 180 g/mol. The Bertz CT molecular complexity index is 294. The molecule has 1 rings (SSSR count). The number of rotatable bonds is 4. The molecule has 0 unspecified atom stereocenters. The van der Waals surface area contributed by atoms with Gasteiger partial charge < -0.3 is 4.74 Å². The van der Waals surface area contributed by atoms with Gasteiger partial charge in [0.2, 0.25) is 0 Å². The molecule has 0 radical (unpaired) electrons.